The molecule has 0 aliphatic rings. The van der Waals surface area contributed by atoms with Crippen LogP contribution in [0, 0.1) is 0 Å². The molecule has 78 valence electrons. The third kappa shape index (κ3) is 4.92. The summed E-state index contributed by atoms with van der Waals surface area (Å²) < 4.78 is 0. The van der Waals surface area contributed by atoms with Crippen LogP contribution < -0.4 is 5.32 Å². The van der Waals surface area contributed by atoms with Gasteiger partial charge in [0.1, 0.15) is 0 Å². The Morgan fingerprint density at radius 3 is 2.07 bits per heavy atom. The highest BCUT2D eigenvalue weighted by atomic mass is 32.2. The molecule has 3 heteroatoms. The predicted octanol–water partition coefficient (Wildman–Crippen LogP) is 3.39. The van der Waals surface area contributed by atoms with Crippen LogP contribution >= 0.6 is 11.8 Å². The number of hydrogen-bond donors (Lipinski definition) is 1. The van der Waals surface area contributed by atoms with Gasteiger partial charge in [-0.1, -0.05) is 13.8 Å². The molecule has 1 rings (SSSR count). The molecule has 2 nitrogen and oxygen atoms in total. The van der Waals surface area contributed by atoms with Crippen LogP contribution in [0.15, 0.2) is 29.2 Å². The topological polar surface area (TPSA) is 29.1 Å². The van der Waals surface area contributed by atoms with E-state index in [1.54, 1.807) is 11.8 Å². The van der Waals surface area contributed by atoms with Gasteiger partial charge in [0, 0.05) is 17.5 Å². The van der Waals surface area contributed by atoms with E-state index in [2.05, 4.69) is 5.32 Å². The molecule has 0 spiro atoms. The van der Waals surface area contributed by atoms with Crippen molar-refractivity contribution in [2.45, 2.75) is 25.7 Å². The van der Waals surface area contributed by atoms with Crippen molar-refractivity contribution in [3.63, 3.8) is 0 Å². The summed E-state index contributed by atoms with van der Waals surface area (Å²) in [6, 6.07) is 7.76. The summed E-state index contributed by atoms with van der Waals surface area (Å²) in [6.07, 6.45) is 2.02. The van der Waals surface area contributed by atoms with E-state index in [0.29, 0.717) is 0 Å². The molecule has 0 unspecified atom stereocenters. The molecule has 14 heavy (non-hydrogen) atoms. The van der Waals surface area contributed by atoms with Gasteiger partial charge in [-0.2, -0.15) is 0 Å². The summed E-state index contributed by atoms with van der Waals surface area (Å²) in [5, 5.41) is 2.71. The number of amides is 1. The van der Waals surface area contributed by atoms with E-state index in [-0.39, 0.29) is 5.91 Å². The van der Waals surface area contributed by atoms with E-state index in [9.17, 15) is 4.79 Å². The van der Waals surface area contributed by atoms with E-state index in [0.717, 1.165) is 5.69 Å². The van der Waals surface area contributed by atoms with Crippen LogP contribution in [0.5, 0.6) is 0 Å². The number of hydrogen-bond acceptors (Lipinski definition) is 2. The van der Waals surface area contributed by atoms with Gasteiger partial charge < -0.3 is 5.32 Å². The number of rotatable bonds is 2. The molecule has 0 aromatic heterocycles. The fourth-order valence-electron chi connectivity index (χ4n) is 0.878. The third-order valence-electron chi connectivity index (χ3n) is 1.41. The van der Waals surface area contributed by atoms with Crippen LogP contribution in [0.1, 0.15) is 20.8 Å². The molecule has 0 aliphatic carbocycles. The maximum atomic E-state index is 10.7. The first kappa shape index (κ1) is 13.0. The van der Waals surface area contributed by atoms with Gasteiger partial charge in [0.05, 0.1) is 0 Å². The molecule has 0 fully saturated rings. The predicted molar refractivity (Wildman–Crippen MR) is 63.9 cm³/mol. The SMILES string of the molecule is CC.CSc1ccc(NC(C)=O)cc1. The summed E-state index contributed by atoms with van der Waals surface area (Å²) in [6.45, 7) is 5.50. The van der Waals surface area contributed by atoms with Gasteiger partial charge in [0.25, 0.3) is 0 Å². The summed E-state index contributed by atoms with van der Waals surface area (Å²) >= 11 is 1.68. The Hall–Kier alpha value is -0.960. The van der Waals surface area contributed by atoms with Gasteiger partial charge in [0.15, 0.2) is 0 Å². The minimum atomic E-state index is -0.0353. The lowest BCUT2D eigenvalue weighted by Gasteiger charge is -2.01. The van der Waals surface area contributed by atoms with Crippen molar-refractivity contribution in [1.82, 2.24) is 0 Å². The van der Waals surface area contributed by atoms with Gasteiger partial charge in [-0.25, -0.2) is 0 Å². The van der Waals surface area contributed by atoms with Crippen molar-refractivity contribution < 1.29 is 4.79 Å². The molecule has 0 bridgehead atoms. The van der Waals surface area contributed by atoms with E-state index in [1.165, 1.54) is 11.8 Å². The van der Waals surface area contributed by atoms with Crippen LogP contribution in [0.25, 0.3) is 0 Å². The number of anilines is 1. The van der Waals surface area contributed by atoms with E-state index in [4.69, 9.17) is 0 Å². The van der Waals surface area contributed by atoms with Gasteiger partial charge in [0.2, 0.25) is 5.91 Å². The molecule has 1 amide bonds. The number of carbonyl (C=O) groups excluding carboxylic acids is 1. The summed E-state index contributed by atoms with van der Waals surface area (Å²) in [5.41, 5.74) is 0.848. The monoisotopic (exact) mass is 211 g/mol. The highest BCUT2D eigenvalue weighted by Crippen LogP contribution is 2.17. The molecule has 1 aromatic carbocycles. The van der Waals surface area contributed by atoms with Crippen LogP contribution in [-0.2, 0) is 4.79 Å². The molecule has 0 aliphatic heterocycles. The fraction of sp³-hybridized carbons (Fsp3) is 0.364. The fourth-order valence-corrected chi connectivity index (χ4v) is 1.29. The maximum Gasteiger partial charge on any atom is 0.221 e. The second-order valence-electron chi connectivity index (χ2n) is 2.41. The average molecular weight is 211 g/mol. The second kappa shape index (κ2) is 7.44. The minimum absolute atomic E-state index is 0.0353. The summed E-state index contributed by atoms with van der Waals surface area (Å²) in [4.78, 5) is 11.8. The van der Waals surface area contributed by atoms with Crippen molar-refractivity contribution in [3.05, 3.63) is 24.3 Å². The van der Waals surface area contributed by atoms with Crippen molar-refractivity contribution in [2.24, 2.45) is 0 Å². The molecular weight excluding hydrogens is 194 g/mol. The minimum Gasteiger partial charge on any atom is -0.326 e. The molecule has 0 saturated heterocycles. The second-order valence-corrected chi connectivity index (χ2v) is 3.29. The molecular formula is C11H17NOS. The Labute approximate surface area is 90.1 Å². The van der Waals surface area contributed by atoms with Crippen LogP contribution in [0.3, 0.4) is 0 Å². The summed E-state index contributed by atoms with van der Waals surface area (Å²) in [5.74, 6) is -0.0353. The smallest absolute Gasteiger partial charge is 0.221 e. The highest BCUT2D eigenvalue weighted by molar-refractivity contribution is 7.98. The Balaban J connectivity index is 0.000000791. The Kier molecular flexibility index (Phi) is 6.93. The van der Waals surface area contributed by atoms with Crippen LogP contribution in [0.2, 0.25) is 0 Å². The van der Waals surface area contributed by atoms with Crippen molar-refractivity contribution in [1.29, 1.82) is 0 Å². The molecule has 0 saturated carbocycles. The maximum absolute atomic E-state index is 10.7. The first-order valence-electron chi connectivity index (χ1n) is 4.64. The normalized spacial score (nSPS) is 8.57. The average Bonchev–Trinajstić information content (AvgIpc) is 2.21. The van der Waals surface area contributed by atoms with Crippen molar-refractivity contribution >= 4 is 23.4 Å². The Morgan fingerprint density at radius 2 is 1.71 bits per heavy atom. The Morgan fingerprint density at radius 1 is 1.21 bits per heavy atom. The van der Waals surface area contributed by atoms with Gasteiger partial charge >= 0.3 is 0 Å². The zero-order valence-electron chi connectivity index (χ0n) is 9.13. The van der Waals surface area contributed by atoms with Crippen LogP contribution in [0.4, 0.5) is 5.69 Å². The first-order chi connectivity index (χ1) is 6.72. The lowest BCUT2D eigenvalue weighted by atomic mass is 10.3. The third-order valence-corrected chi connectivity index (χ3v) is 2.15. The highest BCUT2D eigenvalue weighted by Gasteiger charge is 1.94. The number of nitrogens with one attached hydrogen (secondary N) is 1. The number of carbonyl (C=O) groups is 1. The Bertz CT molecular complexity index is 269. The van der Waals surface area contributed by atoms with E-state index < -0.39 is 0 Å². The van der Waals surface area contributed by atoms with E-state index in [1.807, 2.05) is 44.4 Å². The lowest BCUT2D eigenvalue weighted by Crippen LogP contribution is -2.05. The first-order valence-corrected chi connectivity index (χ1v) is 5.86. The molecule has 0 atom stereocenters. The summed E-state index contributed by atoms with van der Waals surface area (Å²) in [7, 11) is 0. The standard InChI is InChI=1S/C9H11NOS.C2H6/c1-7(11)10-8-3-5-9(12-2)6-4-8;1-2/h3-6H,1-2H3,(H,10,11);1-2H3. The van der Waals surface area contributed by atoms with Gasteiger partial charge in [-0.05, 0) is 30.5 Å². The van der Waals surface area contributed by atoms with E-state index >= 15 is 0 Å². The van der Waals surface area contributed by atoms with Crippen LogP contribution in [-0.4, -0.2) is 12.2 Å². The molecule has 1 N–H and O–H groups in total. The molecule has 0 radical (unpaired) electrons. The largest absolute Gasteiger partial charge is 0.326 e. The van der Waals surface area contributed by atoms with Gasteiger partial charge in [-0.3, -0.25) is 4.79 Å². The lowest BCUT2D eigenvalue weighted by molar-refractivity contribution is -0.114. The van der Waals surface area contributed by atoms with Crippen molar-refractivity contribution in [3.8, 4) is 0 Å². The zero-order valence-corrected chi connectivity index (χ0v) is 9.94. The quantitative estimate of drug-likeness (QED) is 0.760. The van der Waals surface area contributed by atoms with Crippen molar-refractivity contribution in [2.75, 3.05) is 11.6 Å². The van der Waals surface area contributed by atoms with Gasteiger partial charge in [-0.15, -0.1) is 11.8 Å². The molecule has 0 heterocycles. The zero-order chi connectivity index (χ0) is 11.0. The number of thioether (sulfide) groups is 1. The molecule has 1 aromatic rings. The number of benzene rings is 1.